The van der Waals surface area contributed by atoms with Crippen molar-refractivity contribution in [2.45, 2.75) is 20.3 Å². The second kappa shape index (κ2) is 5.32. The largest absolute Gasteiger partial charge is 0.267 e. The van der Waals surface area contributed by atoms with E-state index in [2.05, 4.69) is 10.8 Å². The molecule has 0 aliphatic heterocycles. The van der Waals surface area contributed by atoms with E-state index in [0.717, 1.165) is 0 Å². The number of hydrogen-bond acceptors (Lipinski definition) is 3. The molecular weight excluding hydrogens is 176 g/mol. The van der Waals surface area contributed by atoms with E-state index < -0.39 is 10.1 Å². The van der Waals surface area contributed by atoms with Crippen molar-refractivity contribution in [2.24, 2.45) is 5.92 Å². The fraction of sp³-hybridized carbons (Fsp3) is 0.750. The minimum atomic E-state index is -3.31. The van der Waals surface area contributed by atoms with Gasteiger partial charge >= 0.3 is 0 Å². The molecule has 0 radical (unpaired) electrons. The van der Waals surface area contributed by atoms with Crippen molar-refractivity contribution in [3.05, 3.63) is 12.7 Å². The predicted molar refractivity (Wildman–Crippen MR) is 49.4 cm³/mol. The van der Waals surface area contributed by atoms with Crippen LogP contribution in [0.5, 0.6) is 0 Å². The van der Waals surface area contributed by atoms with E-state index in [9.17, 15) is 8.42 Å². The van der Waals surface area contributed by atoms with Crippen molar-refractivity contribution in [1.29, 1.82) is 0 Å². The average Bonchev–Trinajstić information content (AvgIpc) is 1.98. The van der Waals surface area contributed by atoms with Crippen LogP contribution in [0.3, 0.4) is 0 Å². The molecule has 0 aromatic rings. The highest BCUT2D eigenvalue weighted by atomic mass is 32.2. The summed E-state index contributed by atoms with van der Waals surface area (Å²) < 4.78 is 26.6. The zero-order valence-corrected chi connectivity index (χ0v) is 8.43. The quantitative estimate of drug-likeness (QED) is 0.474. The van der Waals surface area contributed by atoms with Gasteiger partial charge < -0.3 is 0 Å². The molecule has 0 aromatic heterocycles. The van der Waals surface area contributed by atoms with E-state index in [4.69, 9.17) is 0 Å². The standard InChI is InChI=1S/C8H16O3S/c1-4-6-11-12(9,10)7-5-8(2)3/h4,8H,1,5-7H2,2-3H3. The molecule has 0 bridgehead atoms. The molecule has 0 saturated heterocycles. The summed E-state index contributed by atoms with van der Waals surface area (Å²) in [7, 11) is -3.31. The van der Waals surface area contributed by atoms with Crippen molar-refractivity contribution in [2.75, 3.05) is 12.4 Å². The van der Waals surface area contributed by atoms with Crippen LogP contribution in [0.15, 0.2) is 12.7 Å². The molecule has 0 aliphatic carbocycles. The summed E-state index contributed by atoms with van der Waals surface area (Å²) in [4.78, 5) is 0. The van der Waals surface area contributed by atoms with Gasteiger partial charge in [-0.2, -0.15) is 8.42 Å². The highest BCUT2D eigenvalue weighted by Crippen LogP contribution is 2.04. The number of hydrogen-bond donors (Lipinski definition) is 0. The van der Waals surface area contributed by atoms with E-state index in [-0.39, 0.29) is 12.4 Å². The van der Waals surface area contributed by atoms with E-state index in [1.54, 1.807) is 0 Å². The van der Waals surface area contributed by atoms with Crippen LogP contribution < -0.4 is 0 Å². The first kappa shape index (κ1) is 11.6. The molecule has 3 nitrogen and oxygen atoms in total. The molecule has 12 heavy (non-hydrogen) atoms. The lowest BCUT2D eigenvalue weighted by atomic mass is 10.2. The summed E-state index contributed by atoms with van der Waals surface area (Å²) in [6.07, 6.45) is 2.06. The molecule has 0 spiro atoms. The third-order valence-corrected chi connectivity index (χ3v) is 2.54. The van der Waals surface area contributed by atoms with Crippen LogP contribution in [0.1, 0.15) is 20.3 Å². The highest BCUT2D eigenvalue weighted by molar-refractivity contribution is 7.86. The molecule has 4 heteroatoms. The Morgan fingerprint density at radius 1 is 1.50 bits per heavy atom. The summed E-state index contributed by atoms with van der Waals surface area (Å²) in [5.41, 5.74) is 0. The monoisotopic (exact) mass is 192 g/mol. The van der Waals surface area contributed by atoms with Crippen LogP contribution in [-0.4, -0.2) is 20.8 Å². The Hall–Kier alpha value is -0.350. The van der Waals surface area contributed by atoms with Crippen LogP contribution in [0.25, 0.3) is 0 Å². The lowest BCUT2D eigenvalue weighted by Gasteiger charge is -2.04. The summed E-state index contributed by atoms with van der Waals surface area (Å²) in [5.74, 6) is 0.477. The van der Waals surface area contributed by atoms with E-state index in [1.165, 1.54) is 6.08 Å². The van der Waals surface area contributed by atoms with E-state index >= 15 is 0 Å². The Kier molecular flexibility index (Phi) is 5.17. The van der Waals surface area contributed by atoms with Crippen molar-refractivity contribution in [3.8, 4) is 0 Å². The Morgan fingerprint density at radius 2 is 2.08 bits per heavy atom. The van der Waals surface area contributed by atoms with Gasteiger partial charge in [-0.05, 0) is 12.3 Å². The molecule has 72 valence electrons. The van der Waals surface area contributed by atoms with Gasteiger partial charge in [-0.15, -0.1) is 6.58 Å². The first-order valence-corrected chi connectivity index (χ1v) is 5.53. The summed E-state index contributed by atoms with van der Waals surface area (Å²) in [5, 5.41) is 0. The molecule has 0 fully saturated rings. The Morgan fingerprint density at radius 3 is 2.50 bits per heavy atom. The van der Waals surface area contributed by atoms with Gasteiger partial charge in [0, 0.05) is 0 Å². The fourth-order valence-electron chi connectivity index (χ4n) is 0.591. The van der Waals surface area contributed by atoms with Crippen LogP contribution in [0.4, 0.5) is 0 Å². The second-order valence-electron chi connectivity index (χ2n) is 3.02. The third kappa shape index (κ3) is 6.37. The summed E-state index contributed by atoms with van der Waals surface area (Å²) in [6, 6.07) is 0. The maximum atomic E-state index is 11.0. The Balaban J connectivity index is 3.80. The molecular formula is C8H16O3S. The maximum absolute atomic E-state index is 11.0. The lowest BCUT2D eigenvalue weighted by Crippen LogP contribution is -2.12. The van der Waals surface area contributed by atoms with Gasteiger partial charge in [0.1, 0.15) is 0 Å². The van der Waals surface area contributed by atoms with Crippen molar-refractivity contribution in [1.82, 2.24) is 0 Å². The van der Waals surface area contributed by atoms with Crippen LogP contribution in [0, 0.1) is 5.92 Å². The normalized spacial score (nSPS) is 11.9. The molecule has 0 unspecified atom stereocenters. The van der Waals surface area contributed by atoms with Crippen LogP contribution in [-0.2, 0) is 14.3 Å². The van der Waals surface area contributed by atoms with Gasteiger partial charge in [-0.25, -0.2) is 0 Å². The molecule has 0 N–H and O–H groups in total. The van der Waals surface area contributed by atoms with Crippen molar-refractivity contribution < 1.29 is 12.6 Å². The second-order valence-corrected chi connectivity index (χ2v) is 4.78. The zero-order chi connectivity index (χ0) is 9.61. The third-order valence-electron chi connectivity index (χ3n) is 1.31. The van der Waals surface area contributed by atoms with Gasteiger partial charge in [0.15, 0.2) is 0 Å². The van der Waals surface area contributed by atoms with Crippen molar-refractivity contribution >= 4 is 10.1 Å². The molecule has 0 saturated carbocycles. The van der Waals surface area contributed by atoms with E-state index in [0.29, 0.717) is 12.3 Å². The minimum absolute atomic E-state index is 0.0699. The van der Waals surface area contributed by atoms with Gasteiger partial charge in [-0.1, -0.05) is 19.9 Å². The lowest BCUT2D eigenvalue weighted by molar-refractivity contribution is 0.355. The molecule has 0 atom stereocenters. The SMILES string of the molecule is C=CCOS(=O)(=O)CCC(C)C. The summed E-state index contributed by atoms with van der Waals surface area (Å²) >= 11 is 0. The minimum Gasteiger partial charge on any atom is -0.266 e. The van der Waals surface area contributed by atoms with Gasteiger partial charge in [0.2, 0.25) is 0 Å². The zero-order valence-electron chi connectivity index (χ0n) is 7.62. The van der Waals surface area contributed by atoms with Gasteiger partial charge in [0.05, 0.1) is 12.4 Å². The molecule has 0 heterocycles. The van der Waals surface area contributed by atoms with Crippen LogP contribution >= 0.6 is 0 Å². The van der Waals surface area contributed by atoms with Gasteiger partial charge in [-0.3, -0.25) is 4.18 Å². The van der Waals surface area contributed by atoms with Gasteiger partial charge in [0.25, 0.3) is 10.1 Å². The molecule has 0 aromatic carbocycles. The maximum Gasteiger partial charge on any atom is 0.267 e. The number of rotatable bonds is 6. The Labute approximate surface area is 74.6 Å². The smallest absolute Gasteiger partial charge is 0.266 e. The average molecular weight is 192 g/mol. The topological polar surface area (TPSA) is 43.4 Å². The van der Waals surface area contributed by atoms with Crippen molar-refractivity contribution in [3.63, 3.8) is 0 Å². The first-order chi connectivity index (χ1) is 5.48. The molecule has 0 aliphatic rings. The first-order valence-electron chi connectivity index (χ1n) is 3.96. The molecule has 0 rings (SSSR count). The van der Waals surface area contributed by atoms with E-state index in [1.807, 2.05) is 13.8 Å². The fourth-order valence-corrected chi connectivity index (χ4v) is 1.77. The predicted octanol–water partition coefficient (Wildman–Crippen LogP) is 1.56. The Bertz CT molecular complexity index is 216. The highest BCUT2D eigenvalue weighted by Gasteiger charge is 2.10. The molecule has 0 amide bonds. The van der Waals surface area contributed by atoms with Crippen LogP contribution in [0.2, 0.25) is 0 Å². The summed E-state index contributed by atoms with van der Waals surface area (Å²) in [6.45, 7) is 7.39.